The molecule has 2 nitrogen and oxygen atoms in total. The molecule has 1 aromatic rings. The molecular weight excluding hydrogens is 298 g/mol. The first kappa shape index (κ1) is 11.0. The van der Waals surface area contributed by atoms with Gasteiger partial charge in [-0.25, -0.2) is 0 Å². The van der Waals surface area contributed by atoms with Crippen molar-refractivity contribution >= 4 is 37.9 Å². The lowest BCUT2D eigenvalue weighted by molar-refractivity contribution is 0.529. The molecule has 13 heavy (non-hydrogen) atoms. The van der Waals surface area contributed by atoms with Crippen molar-refractivity contribution in [3.05, 3.63) is 26.5 Å². The molecule has 1 aromatic heterocycles. The Labute approximate surface area is 94.6 Å². The van der Waals surface area contributed by atoms with Crippen molar-refractivity contribution in [1.82, 2.24) is 5.32 Å². The molecule has 0 unspecified atom stereocenters. The van der Waals surface area contributed by atoms with Crippen LogP contribution < -0.4 is 5.32 Å². The average Bonchev–Trinajstić information content (AvgIpc) is 2.31. The number of rotatable bonds is 3. The summed E-state index contributed by atoms with van der Waals surface area (Å²) in [5.74, 6) is 0.853. The predicted octanol–water partition coefficient (Wildman–Crippen LogP) is 3.43. The van der Waals surface area contributed by atoms with Crippen LogP contribution in [0.15, 0.2) is 25.2 Å². The van der Waals surface area contributed by atoms with Gasteiger partial charge in [-0.05, 0) is 58.0 Å². The van der Waals surface area contributed by atoms with Gasteiger partial charge in [0, 0.05) is 6.54 Å². The van der Waals surface area contributed by atoms with Crippen LogP contribution in [0.25, 0.3) is 6.08 Å². The first-order valence-electron chi connectivity index (χ1n) is 3.90. The normalized spacial score (nSPS) is 12.2. The summed E-state index contributed by atoms with van der Waals surface area (Å²) in [5.41, 5.74) is 1.23. The zero-order valence-electron chi connectivity index (χ0n) is 7.53. The van der Waals surface area contributed by atoms with Gasteiger partial charge in [0.2, 0.25) is 0 Å². The van der Waals surface area contributed by atoms with Gasteiger partial charge in [-0.2, -0.15) is 0 Å². The Morgan fingerprint density at radius 1 is 1.62 bits per heavy atom. The molecule has 0 aliphatic heterocycles. The standard InChI is InChI=1S/C9H11Br2NO/c1-6(5-12-2)3-7-4-8(10)9(11)13-7/h3-4,12H,5H2,1-2H3. The van der Waals surface area contributed by atoms with Gasteiger partial charge in [0.05, 0.1) is 4.47 Å². The number of furan rings is 1. The molecule has 1 N–H and O–H groups in total. The summed E-state index contributed by atoms with van der Waals surface area (Å²) in [7, 11) is 1.92. The fraction of sp³-hybridized carbons (Fsp3) is 0.333. The summed E-state index contributed by atoms with van der Waals surface area (Å²) in [6, 6.07) is 1.93. The van der Waals surface area contributed by atoms with E-state index in [0.29, 0.717) is 0 Å². The van der Waals surface area contributed by atoms with Gasteiger partial charge in [0.15, 0.2) is 4.67 Å². The second-order valence-electron chi connectivity index (χ2n) is 2.79. The van der Waals surface area contributed by atoms with E-state index in [-0.39, 0.29) is 0 Å². The van der Waals surface area contributed by atoms with Crippen LogP contribution in [-0.4, -0.2) is 13.6 Å². The van der Waals surface area contributed by atoms with Crippen molar-refractivity contribution in [2.45, 2.75) is 6.92 Å². The van der Waals surface area contributed by atoms with Gasteiger partial charge in [0.25, 0.3) is 0 Å². The topological polar surface area (TPSA) is 25.2 Å². The smallest absolute Gasteiger partial charge is 0.184 e. The number of hydrogen-bond acceptors (Lipinski definition) is 2. The zero-order chi connectivity index (χ0) is 9.84. The second-order valence-corrected chi connectivity index (χ2v) is 4.37. The molecule has 0 aliphatic rings. The molecule has 0 spiro atoms. The van der Waals surface area contributed by atoms with E-state index in [1.54, 1.807) is 0 Å². The molecule has 0 atom stereocenters. The molecule has 1 heterocycles. The Balaban J connectivity index is 2.78. The van der Waals surface area contributed by atoms with Crippen molar-refractivity contribution in [2.24, 2.45) is 0 Å². The van der Waals surface area contributed by atoms with Gasteiger partial charge in [-0.3, -0.25) is 0 Å². The lowest BCUT2D eigenvalue weighted by Gasteiger charge is -1.96. The zero-order valence-corrected chi connectivity index (χ0v) is 10.7. The SMILES string of the molecule is CNCC(C)=Cc1cc(Br)c(Br)o1. The fourth-order valence-electron chi connectivity index (χ4n) is 1.01. The molecule has 1 rings (SSSR count). The minimum absolute atomic E-state index is 0.732. The molecule has 0 aromatic carbocycles. The van der Waals surface area contributed by atoms with Crippen molar-refractivity contribution in [3.8, 4) is 0 Å². The molecule has 0 bridgehead atoms. The highest BCUT2D eigenvalue weighted by molar-refractivity contribution is 9.13. The Morgan fingerprint density at radius 2 is 2.31 bits per heavy atom. The van der Waals surface area contributed by atoms with Crippen LogP contribution in [0.5, 0.6) is 0 Å². The van der Waals surface area contributed by atoms with Crippen LogP contribution in [0.2, 0.25) is 0 Å². The largest absolute Gasteiger partial charge is 0.449 e. The number of halogens is 2. The van der Waals surface area contributed by atoms with E-state index >= 15 is 0 Å². The first-order chi connectivity index (χ1) is 6.13. The van der Waals surface area contributed by atoms with Crippen molar-refractivity contribution < 1.29 is 4.42 Å². The molecule has 4 heteroatoms. The maximum Gasteiger partial charge on any atom is 0.184 e. The Hall–Kier alpha value is -0.0600. The highest BCUT2D eigenvalue weighted by Crippen LogP contribution is 2.27. The van der Waals surface area contributed by atoms with Gasteiger partial charge < -0.3 is 9.73 Å². The minimum Gasteiger partial charge on any atom is -0.449 e. The third-order valence-electron chi connectivity index (χ3n) is 1.51. The molecule has 0 saturated heterocycles. The quantitative estimate of drug-likeness (QED) is 0.925. The number of likely N-dealkylation sites (N-methyl/N-ethyl adjacent to an activating group) is 1. The van der Waals surface area contributed by atoms with Crippen LogP contribution in [0, 0.1) is 0 Å². The number of nitrogens with one attached hydrogen (secondary N) is 1. The van der Waals surface area contributed by atoms with E-state index in [2.05, 4.69) is 44.1 Å². The van der Waals surface area contributed by atoms with Crippen LogP contribution in [0.3, 0.4) is 0 Å². The summed E-state index contributed by atoms with van der Waals surface area (Å²) in [6.07, 6.45) is 2.01. The van der Waals surface area contributed by atoms with E-state index in [1.165, 1.54) is 5.57 Å². The Morgan fingerprint density at radius 3 is 2.77 bits per heavy atom. The third-order valence-corrected chi connectivity index (χ3v) is 3.22. The van der Waals surface area contributed by atoms with Gasteiger partial charge in [0.1, 0.15) is 5.76 Å². The van der Waals surface area contributed by atoms with Crippen LogP contribution >= 0.6 is 31.9 Å². The van der Waals surface area contributed by atoms with Crippen molar-refractivity contribution in [2.75, 3.05) is 13.6 Å². The molecule has 72 valence electrons. The predicted molar refractivity (Wildman–Crippen MR) is 61.7 cm³/mol. The monoisotopic (exact) mass is 307 g/mol. The third kappa shape index (κ3) is 3.29. The Kier molecular flexibility index (Phi) is 4.22. The summed E-state index contributed by atoms with van der Waals surface area (Å²) in [6.45, 7) is 2.93. The first-order valence-corrected chi connectivity index (χ1v) is 5.48. The molecular formula is C9H11Br2NO. The number of hydrogen-bond donors (Lipinski definition) is 1. The minimum atomic E-state index is 0.732. The molecule has 0 radical (unpaired) electrons. The maximum atomic E-state index is 5.40. The van der Waals surface area contributed by atoms with E-state index < -0.39 is 0 Å². The van der Waals surface area contributed by atoms with E-state index in [1.807, 2.05) is 19.2 Å². The summed E-state index contributed by atoms with van der Waals surface area (Å²) in [5, 5.41) is 3.08. The van der Waals surface area contributed by atoms with Crippen LogP contribution in [0.1, 0.15) is 12.7 Å². The fourth-order valence-corrected chi connectivity index (χ4v) is 1.62. The summed E-state index contributed by atoms with van der Waals surface area (Å²) < 4.78 is 7.07. The van der Waals surface area contributed by atoms with E-state index in [9.17, 15) is 0 Å². The van der Waals surface area contributed by atoms with Crippen molar-refractivity contribution in [3.63, 3.8) is 0 Å². The van der Waals surface area contributed by atoms with Gasteiger partial charge in [-0.1, -0.05) is 5.57 Å². The maximum absolute atomic E-state index is 5.40. The van der Waals surface area contributed by atoms with Crippen molar-refractivity contribution in [1.29, 1.82) is 0 Å². The highest BCUT2D eigenvalue weighted by Gasteiger charge is 2.03. The van der Waals surface area contributed by atoms with Crippen LogP contribution in [-0.2, 0) is 0 Å². The molecule has 0 aliphatic carbocycles. The van der Waals surface area contributed by atoms with Gasteiger partial charge >= 0.3 is 0 Å². The lowest BCUT2D eigenvalue weighted by Crippen LogP contribution is -2.08. The van der Waals surface area contributed by atoms with Gasteiger partial charge in [-0.15, -0.1) is 0 Å². The average molecular weight is 309 g/mol. The van der Waals surface area contributed by atoms with Crippen LogP contribution in [0.4, 0.5) is 0 Å². The summed E-state index contributed by atoms with van der Waals surface area (Å²) >= 11 is 6.65. The lowest BCUT2D eigenvalue weighted by atomic mass is 10.2. The Bertz CT molecular complexity index is 298. The van der Waals surface area contributed by atoms with E-state index in [4.69, 9.17) is 4.42 Å². The molecule has 0 saturated carbocycles. The highest BCUT2D eigenvalue weighted by atomic mass is 79.9. The summed E-state index contributed by atoms with van der Waals surface area (Å²) in [4.78, 5) is 0. The molecule has 0 fully saturated rings. The van der Waals surface area contributed by atoms with E-state index in [0.717, 1.165) is 21.4 Å². The second kappa shape index (κ2) is 4.98. The molecule has 0 amide bonds.